The van der Waals surface area contributed by atoms with Gasteiger partial charge in [0, 0.05) is 12.5 Å². The predicted octanol–water partition coefficient (Wildman–Crippen LogP) is 3.77. The summed E-state index contributed by atoms with van der Waals surface area (Å²) in [5, 5.41) is 0.117. The highest BCUT2D eigenvalue weighted by Gasteiger charge is 2.37. The number of rotatable bonds is 7. The Morgan fingerprint density at radius 2 is 1.64 bits per heavy atom. The van der Waals surface area contributed by atoms with E-state index in [1.54, 1.807) is 0 Å². The molecule has 1 atom stereocenters. The van der Waals surface area contributed by atoms with Crippen LogP contribution in [-0.2, 0) is 18.7 Å². The second-order valence-electron chi connectivity index (χ2n) is 7.17. The van der Waals surface area contributed by atoms with Gasteiger partial charge < -0.3 is 4.43 Å². The van der Waals surface area contributed by atoms with Crippen LogP contribution in [0.25, 0.3) is 0 Å². The summed E-state index contributed by atoms with van der Waals surface area (Å²) in [6.45, 7) is 11.5. The molecule has 0 aliphatic carbocycles. The summed E-state index contributed by atoms with van der Waals surface area (Å²) in [6.07, 6.45) is 1.07. The van der Waals surface area contributed by atoms with Crippen LogP contribution in [0.15, 0.2) is 30.3 Å². The van der Waals surface area contributed by atoms with Gasteiger partial charge in [-0.1, -0.05) is 51.1 Å². The molecular weight excluding hydrogens is 316 g/mol. The lowest BCUT2D eigenvalue weighted by Crippen LogP contribution is -2.42. The molecule has 0 aliphatic rings. The van der Waals surface area contributed by atoms with E-state index < -0.39 is 18.4 Å². The molecular formula is C16H28O4SSi. The molecule has 0 N–H and O–H groups in total. The van der Waals surface area contributed by atoms with Gasteiger partial charge in [-0.3, -0.25) is 4.18 Å². The SMILES string of the molecule is CC(C)(C)[Si](C)(C)OCC(COS(C)(=O)=O)c1ccccc1. The average Bonchev–Trinajstić information content (AvgIpc) is 2.37. The van der Waals surface area contributed by atoms with Gasteiger partial charge in [-0.15, -0.1) is 0 Å². The summed E-state index contributed by atoms with van der Waals surface area (Å²) >= 11 is 0. The van der Waals surface area contributed by atoms with Crippen LogP contribution in [0.1, 0.15) is 32.3 Å². The van der Waals surface area contributed by atoms with Crippen molar-refractivity contribution in [3.05, 3.63) is 35.9 Å². The van der Waals surface area contributed by atoms with Gasteiger partial charge in [0.2, 0.25) is 0 Å². The van der Waals surface area contributed by atoms with Gasteiger partial charge >= 0.3 is 0 Å². The van der Waals surface area contributed by atoms with Crippen LogP contribution < -0.4 is 0 Å². The lowest BCUT2D eigenvalue weighted by atomic mass is 10.0. The zero-order valence-corrected chi connectivity index (χ0v) is 16.2. The molecule has 0 spiro atoms. The average molecular weight is 345 g/mol. The van der Waals surface area contributed by atoms with Crippen LogP contribution in [0, 0.1) is 0 Å². The molecule has 6 heteroatoms. The summed E-state index contributed by atoms with van der Waals surface area (Å²) in [7, 11) is -5.33. The largest absolute Gasteiger partial charge is 0.416 e. The first-order valence-corrected chi connectivity index (χ1v) is 12.2. The Balaban J connectivity index is 2.84. The summed E-state index contributed by atoms with van der Waals surface area (Å²) in [6, 6.07) is 9.77. The first-order chi connectivity index (χ1) is 9.92. The van der Waals surface area contributed by atoms with Crippen molar-refractivity contribution in [1.82, 2.24) is 0 Å². The minimum absolute atomic E-state index is 0.0925. The zero-order chi connectivity index (χ0) is 17.0. The second-order valence-corrected chi connectivity index (χ2v) is 13.6. The Labute approximate surface area is 136 Å². The molecule has 0 radical (unpaired) electrons. The van der Waals surface area contributed by atoms with E-state index in [1.807, 2.05) is 30.3 Å². The fraction of sp³-hybridized carbons (Fsp3) is 0.625. The lowest BCUT2D eigenvalue weighted by molar-refractivity contribution is 0.211. The minimum Gasteiger partial charge on any atom is -0.416 e. The third-order valence-corrected chi connectivity index (χ3v) is 9.27. The molecule has 1 rings (SSSR count). The fourth-order valence-corrected chi connectivity index (χ4v) is 3.16. The van der Waals surface area contributed by atoms with E-state index in [9.17, 15) is 8.42 Å². The smallest absolute Gasteiger partial charge is 0.264 e. The lowest BCUT2D eigenvalue weighted by Gasteiger charge is -2.37. The van der Waals surface area contributed by atoms with Crippen molar-refractivity contribution in [2.75, 3.05) is 19.5 Å². The third-order valence-electron chi connectivity index (χ3n) is 4.21. The van der Waals surface area contributed by atoms with Gasteiger partial charge in [-0.25, -0.2) is 0 Å². The maximum absolute atomic E-state index is 11.3. The molecule has 0 bridgehead atoms. The molecule has 1 aromatic rings. The highest BCUT2D eigenvalue weighted by atomic mass is 32.2. The van der Waals surface area contributed by atoms with Crippen LogP contribution >= 0.6 is 0 Å². The third kappa shape index (κ3) is 6.20. The Kier molecular flexibility index (Phi) is 6.38. The Hall–Kier alpha value is -0.693. The van der Waals surface area contributed by atoms with Gasteiger partial charge in [0.05, 0.1) is 12.9 Å². The van der Waals surface area contributed by atoms with Crippen molar-refractivity contribution in [3.8, 4) is 0 Å². The Morgan fingerprint density at radius 1 is 1.09 bits per heavy atom. The molecule has 1 unspecified atom stereocenters. The van der Waals surface area contributed by atoms with Crippen molar-refractivity contribution >= 4 is 18.4 Å². The summed E-state index contributed by atoms with van der Waals surface area (Å²) in [4.78, 5) is 0. The molecule has 0 aromatic heterocycles. The van der Waals surface area contributed by atoms with E-state index in [0.717, 1.165) is 11.8 Å². The summed E-state index contributed by atoms with van der Waals surface area (Å²) < 4.78 is 33.8. The van der Waals surface area contributed by atoms with Crippen LogP contribution in [0.2, 0.25) is 18.1 Å². The van der Waals surface area contributed by atoms with E-state index in [2.05, 4.69) is 33.9 Å². The summed E-state index contributed by atoms with van der Waals surface area (Å²) in [5.41, 5.74) is 1.03. The monoisotopic (exact) mass is 344 g/mol. The molecule has 126 valence electrons. The fourth-order valence-electron chi connectivity index (χ4n) is 1.70. The van der Waals surface area contributed by atoms with Gasteiger partial charge in [0.15, 0.2) is 8.32 Å². The van der Waals surface area contributed by atoms with Crippen LogP contribution in [0.4, 0.5) is 0 Å². The maximum Gasteiger partial charge on any atom is 0.264 e. The molecule has 22 heavy (non-hydrogen) atoms. The van der Waals surface area contributed by atoms with Crippen LogP contribution in [0.5, 0.6) is 0 Å². The topological polar surface area (TPSA) is 52.6 Å². The van der Waals surface area contributed by atoms with Crippen molar-refractivity contribution in [1.29, 1.82) is 0 Å². The molecule has 1 aromatic carbocycles. The van der Waals surface area contributed by atoms with Crippen molar-refractivity contribution < 1.29 is 17.0 Å². The highest BCUT2D eigenvalue weighted by molar-refractivity contribution is 7.85. The summed E-state index contributed by atoms with van der Waals surface area (Å²) in [5.74, 6) is -0.0925. The van der Waals surface area contributed by atoms with Crippen LogP contribution in [-0.4, -0.2) is 36.2 Å². The Bertz CT molecular complexity index is 562. The first kappa shape index (κ1) is 19.4. The standard InChI is InChI=1S/C16H28O4SSi/c1-16(2,3)22(5,6)20-13-15(12-19-21(4,17)18)14-10-8-7-9-11-14/h7-11,15H,12-13H2,1-6H3. The van der Waals surface area contributed by atoms with Crippen molar-refractivity contribution in [2.24, 2.45) is 0 Å². The van der Waals surface area contributed by atoms with Gasteiger partial charge in [-0.05, 0) is 23.7 Å². The van der Waals surface area contributed by atoms with Gasteiger partial charge in [-0.2, -0.15) is 8.42 Å². The van der Waals surface area contributed by atoms with E-state index in [-0.39, 0.29) is 17.6 Å². The molecule has 0 amide bonds. The molecule has 0 fully saturated rings. The normalized spacial score (nSPS) is 14.8. The predicted molar refractivity (Wildman–Crippen MR) is 93.1 cm³/mol. The maximum atomic E-state index is 11.3. The van der Waals surface area contributed by atoms with Crippen LogP contribution in [0.3, 0.4) is 0 Å². The quantitative estimate of drug-likeness (QED) is 0.558. The Morgan fingerprint density at radius 3 is 2.09 bits per heavy atom. The molecule has 4 nitrogen and oxygen atoms in total. The highest BCUT2D eigenvalue weighted by Crippen LogP contribution is 2.37. The van der Waals surface area contributed by atoms with Crippen molar-refractivity contribution in [3.63, 3.8) is 0 Å². The van der Waals surface area contributed by atoms with E-state index >= 15 is 0 Å². The number of benzene rings is 1. The van der Waals surface area contributed by atoms with Gasteiger partial charge in [0.1, 0.15) is 0 Å². The molecule has 0 saturated heterocycles. The number of hydrogen-bond acceptors (Lipinski definition) is 4. The van der Waals surface area contributed by atoms with E-state index in [1.165, 1.54) is 0 Å². The zero-order valence-electron chi connectivity index (χ0n) is 14.4. The van der Waals surface area contributed by atoms with Crippen molar-refractivity contribution in [2.45, 2.75) is 44.8 Å². The molecule has 0 aliphatic heterocycles. The second kappa shape index (κ2) is 7.25. The minimum atomic E-state index is -3.45. The molecule has 0 heterocycles. The van der Waals surface area contributed by atoms with E-state index in [4.69, 9.17) is 8.61 Å². The van der Waals surface area contributed by atoms with Gasteiger partial charge in [0.25, 0.3) is 10.1 Å². The molecule has 0 saturated carbocycles. The van der Waals surface area contributed by atoms with E-state index in [0.29, 0.717) is 6.61 Å². The number of hydrogen-bond donors (Lipinski definition) is 0. The first-order valence-electron chi connectivity index (χ1n) is 7.46.